The number of allylic oxidation sites excluding steroid dienone is 1. The van der Waals surface area contributed by atoms with Crippen molar-refractivity contribution in [2.24, 2.45) is 5.10 Å². The van der Waals surface area contributed by atoms with E-state index in [1.165, 1.54) is 20.2 Å². The molecule has 13 heteroatoms. The summed E-state index contributed by atoms with van der Waals surface area (Å²) in [7, 11) is 1.27. The molecule has 0 saturated carbocycles. The number of ether oxygens (including phenoxy) is 4. The van der Waals surface area contributed by atoms with Crippen LogP contribution in [0.4, 0.5) is 4.79 Å². The maximum Gasteiger partial charge on any atom is 0.337 e. The van der Waals surface area contributed by atoms with Gasteiger partial charge in [-0.25, -0.2) is 9.59 Å². The third kappa shape index (κ3) is 7.94. The van der Waals surface area contributed by atoms with Crippen molar-refractivity contribution in [3.05, 3.63) is 63.3 Å². The zero-order valence-electron chi connectivity index (χ0n) is 21.7. The number of benzene rings is 2. The molecule has 0 bridgehead atoms. The molecular weight excluding hydrogens is 576 g/mol. The number of aliphatic hydroxyl groups excluding tert-OH is 1. The van der Waals surface area contributed by atoms with Gasteiger partial charge in [0.25, 0.3) is 0 Å². The lowest BCUT2D eigenvalue weighted by Gasteiger charge is -2.28. The van der Waals surface area contributed by atoms with Crippen LogP contribution in [0, 0.1) is 0 Å². The van der Waals surface area contributed by atoms with Crippen LogP contribution in [-0.4, -0.2) is 55.8 Å². The maximum atomic E-state index is 12.4. The van der Waals surface area contributed by atoms with Gasteiger partial charge in [-0.05, 0) is 71.2 Å². The van der Waals surface area contributed by atoms with E-state index >= 15 is 0 Å². The molecule has 0 unspecified atom stereocenters. The van der Waals surface area contributed by atoms with Gasteiger partial charge in [-0.15, -0.1) is 0 Å². The lowest BCUT2D eigenvalue weighted by atomic mass is 9.95. The lowest BCUT2D eigenvalue weighted by molar-refractivity contribution is -0.136. The molecule has 0 spiro atoms. The van der Waals surface area contributed by atoms with Gasteiger partial charge in [-0.1, -0.05) is 6.07 Å². The number of nitrogens with zero attached hydrogens (tertiary/aromatic N) is 1. The molecule has 0 radical (unpaired) electrons. The van der Waals surface area contributed by atoms with Crippen molar-refractivity contribution in [1.29, 1.82) is 0 Å². The number of hydrogen-bond acceptors (Lipinski definition) is 10. The van der Waals surface area contributed by atoms with Crippen LogP contribution in [0.1, 0.15) is 37.9 Å². The van der Waals surface area contributed by atoms with Crippen LogP contribution in [0.25, 0.3) is 0 Å². The number of carbonyl (C=O) groups is 3. The number of rotatable bonds is 11. The van der Waals surface area contributed by atoms with Gasteiger partial charge in [0.15, 0.2) is 17.7 Å². The standard InChI is InChI=1S/C26H29BrN4O8/c1-5-37-21-11-17(24-23(25(34)36-4)14(2)29-26(35)30-24)7-9-20(21)38-13-22(33)31-28-12-16-6-8-19(18(27)10-16)39-15(3)32/h6-12,22,24,31,33H,5,13H2,1-4H3,(H2,29,30,35)/b28-12+/t22-,24+/m1/s1. The third-order valence-electron chi connectivity index (χ3n) is 5.32. The number of nitrogens with one attached hydrogen (secondary N) is 3. The highest BCUT2D eigenvalue weighted by molar-refractivity contribution is 9.10. The van der Waals surface area contributed by atoms with Crippen LogP contribution in [0.2, 0.25) is 0 Å². The van der Waals surface area contributed by atoms with E-state index in [1.807, 2.05) is 0 Å². The quantitative estimate of drug-likeness (QED) is 0.0995. The van der Waals surface area contributed by atoms with E-state index in [0.717, 1.165) is 0 Å². The Labute approximate surface area is 233 Å². The summed E-state index contributed by atoms with van der Waals surface area (Å²) in [6.07, 6.45) is 0.326. The molecule has 4 N–H and O–H groups in total. The predicted molar refractivity (Wildman–Crippen MR) is 144 cm³/mol. The summed E-state index contributed by atoms with van der Waals surface area (Å²) in [5, 5.41) is 19.6. The predicted octanol–water partition coefficient (Wildman–Crippen LogP) is 2.89. The van der Waals surface area contributed by atoms with Crippen LogP contribution in [0.5, 0.6) is 17.2 Å². The molecule has 3 rings (SSSR count). The van der Waals surface area contributed by atoms with Gasteiger partial charge < -0.3 is 34.7 Å². The smallest absolute Gasteiger partial charge is 0.337 e. The maximum absolute atomic E-state index is 12.4. The monoisotopic (exact) mass is 604 g/mol. The van der Waals surface area contributed by atoms with E-state index in [-0.39, 0.29) is 12.2 Å². The SMILES string of the molecule is CCOc1cc([C@@H]2NC(=O)NC(C)=C2C(=O)OC)ccc1OC[C@@H](O)N/N=C/c1ccc(OC(C)=O)c(Br)c1. The van der Waals surface area contributed by atoms with Crippen molar-refractivity contribution in [3.8, 4) is 17.2 Å². The molecule has 1 aliphatic rings. The molecule has 208 valence electrons. The Balaban J connectivity index is 1.67. The summed E-state index contributed by atoms with van der Waals surface area (Å²) in [6.45, 7) is 4.89. The number of carbonyl (C=O) groups excluding carboxylic acids is 3. The number of amides is 2. The Kier molecular flexibility index (Phi) is 10.3. The highest BCUT2D eigenvalue weighted by Crippen LogP contribution is 2.35. The zero-order valence-corrected chi connectivity index (χ0v) is 23.3. The van der Waals surface area contributed by atoms with E-state index in [9.17, 15) is 19.5 Å². The second-order valence-electron chi connectivity index (χ2n) is 8.20. The Bertz CT molecular complexity index is 1300. The minimum absolute atomic E-state index is 0.164. The minimum atomic E-state index is -1.15. The Morgan fingerprint density at radius 3 is 2.59 bits per heavy atom. The number of hydrazone groups is 1. The molecule has 0 saturated heterocycles. The van der Waals surface area contributed by atoms with Crippen molar-refractivity contribution in [2.75, 3.05) is 20.3 Å². The average Bonchev–Trinajstić information content (AvgIpc) is 2.88. The molecule has 2 amide bonds. The molecule has 1 aliphatic heterocycles. The molecule has 2 aromatic carbocycles. The van der Waals surface area contributed by atoms with Crippen LogP contribution in [0.15, 0.2) is 57.2 Å². The summed E-state index contributed by atoms with van der Waals surface area (Å²) in [5.74, 6) is 0.0761. The second kappa shape index (κ2) is 13.6. The van der Waals surface area contributed by atoms with Crippen LogP contribution in [-0.2, 0) is 14.3 Å². The van der Waals surface area contributed by atoms with Gasteiger partial charge >= 0.3 is 18.0 Å². The van der Waals surface area contributed by atoms with Crippen molar-refractivity contribution in [2.45, 2.75) is 33.0 Å². The number of esters is 2. The number of halogens is 1. The molecule has 0 fully saturated rings. The van der Waals surface area contributed by atoms with Crippen molar-refractivity contribution >= 4 is 40.1 Å². The number of hydrogen-bond donors (Lipinski definition) is 4. The molecule has 1 heterocycles. The van der Waals surface area contributed by atoms with Crippen molar-refractivity contribution < 1.29 is 38.4 Å². The van der Waals surface area contributed by atoms with Gasteiger partial charge in [0.2, 0.25) is 0 Å². The highest BCUT2D eigenvalue weighted by Gasteiger charge is 2.32. The van der Waals surface area contributed by atoms with Crippen molar-refractivity contribution in [3.63, 3.8) is 0 Å². The van der Waals surface area contributed by atoms with Gasteiger partial charge in [0.1, 0.15) is 12.4 Å². The van der Waals surface area contributed by atoms with Gasteiger partial charge in [-0.2, -0.15) is 5.10 Å². The van der Waals surface area contributed by atoms with Crippen LogP contribution < -0.4 is 30.3 Å². The van der Waals surface area contributed by atoms with E-state index in [4.69, 9.17) is 18.9 Å². The Morgan fingerprint density at radius 2 is 1.92 bits per heavy atom. The minimum Gasteiger partial charge on any atom is -0.490 e. The van der Waals surface area contributed by atoms with Gasteiger partial charge in [0.05, 0.1) is 36.0 Å². The number of methoxy groups -OCH3 is 1. The molecule has 39 heavy (non-hydrogen) atoms. The summed E-state index contributed by atoms with van der Waals surface area (Å²) < 4.78 is 22.0. The van der Waals surface area contributed by atoms with E-state index in [0.29, 0.717) is 45.2 Å². The van der Waals surface area contributed by atoms with E-state index in [1.54, 1.807) is 50.2 Å². The van der Waals surface area contributed by atoms with Crippen LogP contribution in [0.3, 0.4) is 0 Å². The second-order valence-corrected chi connectivity index (χ2v) is 9.05. The topological polar surface area (TPSA) is 157 Å². The van der Waals surface area contributed by atoms with Gasteiger partial charge in [-0.3, -0.25) is 10.2 Å². The Hall–Kier alpha value is -4.10. The summed E-state index contributed by atoms with van der Waals surface area (Å²) in [4.78, 5) is 35.6. The molecule has 0 aliphatic carbocycles. The number of urea groups is 1. The normalized spacial score (nSPS) is 15.7. The van der Waals surface area contributed by atoms with Crippen LogP contribution >= 0.6 is 15.9 Å². The summed E-state index contributed by atoms with van der Waals surface area (Å²) in [6, 6.07) is 8.76. The third-order valence-corrected chi connectivity index (χ3v) is 5.94. The first-order valence-corrected chi connectivity index (χ1v) is 12.6. The summed E-state index contributed by atoms with van der Waals surface area (Å²) in [5.41, 5.74) is 4.48. The average molecular weight is 605 g/mol. The highest BCUT2D eigenvalue weighted by atomic mass is 79.9. The fourth-order valence-corrected chi connectivity index (χ4v) is 4.13. The zero-order chi connectivity index (χ0) is 28.5. The molecule has 0 aromatic heterocycles. The van der Waals surface area contributed by atoms with Crippen molar-refractivity contribution in [1.82, 2.24) is 16.1 Å². The number of aliphatic hydroxyl groups is 1. The lowest BCUT2D eigenvalue weighted by Crippen LogP contribution is -2.45. The molecule has 12 nitrogen and oxygen atoms in total. The first-order valence-electron chi connectivity index (χ1n) is 11.8. The summed E-state index contributed by atoms with van der Waals surface area (Å²) >= 11 is 3.33. The van der Waals surface area contributed by atoms with Gasteiger partial charge in [0, 0.05) is 12.6 Å². The first kappa shape index (κ1) is 29.5. The molecule has 2 aromatic rings. The Morgan fingerprint density at radius 1 is 1.18 bits per heavy atom. The molecule has 2 atom stereocenters. The van der Waals surface area contributed by atoms with E-state index in [2.05, 4.69) is 37.1 Å². The largest absolute Gasteiger partial charge is 0.490 e. The first-order chi connectivity index (χ1) is 18.6. The van der Waals surface area contributed by atoms with E-state index < -0.39 is 30.2 Å². The molecular formula is C26H29BrN4O8. The fraction of sp³-hybridized carbons (Fsp3) is 0.308. The fourth-order valence-electron chi connectivity index (χ4n) is 3.65.